The summed E-state index contributed by atoms with van der Waals surface area (Å²) in [5.74, 6) is 0.218. The van der Waals surface area contributed by atoms with E-state index in [0.717, 1.165) is 62.6 Å². The second-order valence-electron chi connectivity index (χ2n) is 22.0. The number of allylic oxidation sites excluding steroid dienone is 2. The summed E-state index contributed by atoms with van der Waals surface area (Å²) in [5.41, 5.74) is 1.98. The molecule has 11 heteroatoms. The monoisotopic (exact) mass is 824 g/mol. The quantitative estimate of drug-likeness (QED) is 0.233. The summed E-state index contributed by atoms with van der Waals surface area (Å²) in [6.45, 7) is 22.8. The maximum atomic E-state index is 14.7. The van der Waals surface area contributed by atoms with Crippen molar-refractivity contribution in [2.24, 2.45) is 50.7 Å². The summed E-state index contributed by atoms with van der Waals surface area (Å²) >= 11 is 0. The Morgan fingerprint density at radius 3 is 2.30 bits per heavy atom. The Hall–Kier alpha value is -4.04. The first-order valence-corrected chi connectivity index (χ1v) is 22.5. The molecule has 0 radical (unpaired) electrons. The number of carbonyl (C=O) groups is 3. The van der Waals surface area contributed by atoms with E-state index in [0.29, 0.717) is 48.3 Å². The van der Waals surface area contributed by atoms with Crippen molar-refractivity contribution in [2.45, 2.75) is 152 Å². The van der Waals surface area contributed by atoms with Crippen molar-refractivity contribution in [2.75, 3.05) is 20.6 Å². The van der Waals surface area contributed by atoms with E-state index in [-0.39, 0.29) is 57.4 Å². The van der Waals surface area contributed by atoms with Gasteiger partial charge in [0.15, 0.2) is 11.6 Å². The number of aromatic nitrogens is 3. The third-order valence-corrected chi connectivity index (χ3v) is 17.5. The number of pyridine rings is 1. The molecule has 2 heterocycles. The van der Waals surface area contributed by atoms with Crippen LogP contribution in [0.1, 0.15) is 143 Å². The number of fused-ring (bicyclic) bond motifs is 7. The van der Waals surface area contributed by atoms with Crippen LogP contribution in [0.2, 0.25) is 0 Å². The van der Waals surface area contributed by atoms with Crippen LogP contribution in [0.15, 0.2) is 34.3 Å². The van der Waals surface area contributed by atoms with E-state index in [1.54, 1.807) is 30.7 Å². The average Bonchev–Trinajstić information content (AvgIpc) is 3.61. The first-order chi connectivity index (χ1) is 27.9. The molecular weight excluding hydrogens is 755 g/mol. The van der Waals surface area contributed by atoms with Crippen molar-refractivity contribution in [1.82, 2.24) is 19.2 Å². The summed E-state index contributed by atoms with van der Waals surface area (Å²) in [5, 5.41) is 19.2. The topological polar surface area (TPSA) is 148 Å². The van der Waals surface area contributed by atoms with Crippen LogP contribution in [-0.2, 0) is 31.1 Å². The number of carboxylic acids is 1. The van der Waals surface area contributed by atoms with E-state index < -0.39 is 22.8 Å². The first-order valence-electron chi connectivity index (χ1n) is 22.5. The highest BCUT2D eigenvalue weighted by Gasteiger charge is 2.71. The van der Waals surface area contributed by atoms with Gasteiger partial charge in [0.1, 0.15) is 12.2 Å². The van der Waals surface area contributed by atoms with Gasteiger partial charge in [-0.2, -0.15) is 9.94 Å². The molecule has 1 N–H and O–H groups in total. The molecule has 5 aliphatic rings. The minimum atomic E-state index is -1.19. The number of hydrogen-bond donors (Lipinski definition) is 1. The predicted molar refractivity (Wildman–Crippen MR) is 230 cm³/mol. The Morgan fingerprint density at radius 2 is 1.70 bits per heavy atom. The Balaban J connectivity index is 1.29. The number of ketones is 1. The van der Waals surface area contributed by atoms with Crippen molar-refractivity contribution in [3.8, 4) is 11.9 Å². The number of nitrogens with zero attached hydrogens (tertiary/aromatic N) is 5. The minimum absolute atomic E-state index is 0.0115. The molecule has 7 rings (SSSR count). The van der Waals surface area contributed by atoms with Crippen molar-refractivity contribution >= 4 is 17.7 Å². The fourth-order valence-electron chi connectivity index (χ4n) is 14.3. The van der Waals surface area contributed by atoms with E-state index in [2.05, 4.69) is 69.1 Å². The molecule has 0 saturated heterocycles. The summed E-state index contributed by atoms with van der Waals surface area (Å²) in [6, 6.07) is 5.60. The van der Waals surface area contributed by atoms with Gasteiger partial charge >= 0.3 is 11.9 Å². The number of likely N-dealkylation sites (N-methyl/N-ethyl adjacent to an activating group) is 1. The number of rotatable bonds is 10. The van der Waals surface area contributed by atoms with Crippen LogP contribution < -0.4 is 5.56 Å². The van der Waals surface area contributed by atoms with Crippen LogP contribution in [0.4, 0.5) is 0 Å². The van der Waals surface area contributed by atoms with E-state index in [9.17, 15) is 29.5 Å². The molecule has 0 aliphatic heterocycles. The lowest BCUT2D eigenvalue weighted by molar-refractivity contribution is -0.232. The molecule has 8 atom stereocenters. The van der Waals surface area contributed by atoms with Gasteiger partial charge in [-0.1, -0.05) is 48.5 Å². The lowest BCUT2D eigenvalue weighted by Crippen LogP contribution is -2.66. The molecule has 60 heavy (non-hydrogen) atoms. The Labute approximate surface area is 356 Å². The van der Waals surface area contributed by atoms with Gasteiger partial charge in [-0.05, 0) is 149 Å². The molecular formula is C49H69N5O6. The van der Waals surface area contributed by atoms with Crippen molar-refractivity contribution < 1.29 is 24.2 Å². The highest BCUT2D eigenvalue weighted by Crippen LogP contribution is 2.77. The van der Waals surface area contributed by atoms with Crippen LogP contribution in [0.25, 0.3) is 5.82 Å². The summed E-state index contributed by atoms with van der Waals surface area (Å²) < 4.78 is 10.0. The number of Topliss-reactive ketones (excluding diaryl/α,β-unsaturated/α-hetero) is 1. The zero-order chi connectivity index (χ0) is 44.1. The molecule has 326 valence electrons. The highest BCUT2D eigenvalue weighted by atomic mass is 16.5. The van der Waals surface area contributed by atoms with Gasteiger partial charge in [0.2, 0.25) is 0 Å². The SMILES string of the molecule is Cc1c([C@@]23CC[C@]4(C)[C@H](CC[C@@H]5[C@@]6(C)CC[C@H](OC(=O)CC(C)(C)C(=O)O)C(C)(C)[C@@H]6CC[C@]54C)C2=C(C(C)C)C(=O)C3)n(CCN(C)C)n(-c2ccc(C#N)cn2)c1=O. The third-order valence-electron chi connectivity index (χ3n) is 17.5. The molecule has 5 aliphatic carbocycles. The average molecular weight is 824 g/mol. The van der Waals surface area contributed by atoms with E-state index in [1.807, 2.05) is 21.0 Å². The number of esters is 1. The second-order valence-corrected chi connectivity index (χ2v) is 22.0. The number of carbonyl (C=O) groups excluding carboxylic acids is 2. The molecule has 0 aromatic carbocycles. The normalized spacial score (nSPS) is 33.5. The predicted octanol–water partition coefficient (Wildman–Crippen LogP) is 8.42. The number of aliphatic carboxylic acids is 1. The lowest BCUT2D eigenvalue weighted by Gasteiger charge is -2.72. The number of carboxylic acid groups (broad SMARTS) is 1. The van der Waals surface area contributed by atoms with E-state index in [4.69, 9.17) is 4.74 Å². The van der Waals surface area contributed by atoms with E-state index in [1.165, 1.54) is 11.8 Å². The van der Waals surface area contributed by atoms with Gasteiger partial charge in [0, 0.05) is 35.6 Å². The number of ether oxygens (including phenoxy) is 1. The van der Waals surface area contributed by atoms with Crippen LogP contribution in [0, 0.1) is 69.0 Å². The van der Waals surface area contributed by atoms with Crippen molar-refractivity contribution in [3.05, 3.63) is 56.7 Å². The fourth-order valence-corrected chi connectivity index (χ4v) is 14.3. The van der Waals surface area contributed by atoms with Crippen molar-refractivity contribution in [1.29, 1.82) is 5.26 Å². The molecule has 2 aromatic rings. The highest BCUT2D eigenvalue weighted by molar-refractivity contribution is 6.02. The Bertz CT molecular complexity index is 2220. The zero-order valence-electron chi connectivity index (χ0n) is 38.3. The second kappa shape index (κ2) is 14.8. The van der Waals surface area contributed by atoms with Gasteiger partial charge in [-0.3, -0.25) is 23.9 Å². The molecule has 2 aromatic heterocycles. The molecule has 4 saturated carbocycles. The van der Waals surface area contributed by atoms with Gasteiger partial charge in [0.05, 0.1) is 29.6 Å². The van der Waals surface area contributed by atoms with Crippen molar-refractivity contribution in [3.63, 3.8) is 0 Å². The molecule has 0 bridgehead atoms. The summed E-state index contributed by atoms with van der Waals surface area (Å²) in [4.78, 5) is 61.0. The third kappa shape index (κ3) is 6.38. The van der Waals surface area contributed by atoms with Crippen LogP contribution in [-0.4, -0.2) is 68.8 Å². The smallest absolute Gasteiger partial charge is 0.309 e. The summed E-state index contributed by atoms with van der Waals surface area (Å²) in [7, 11) is 4.06. The first kappa shape index (κ1) is 44.0. The van der Waals surface area contributed by atoms with Crippen LogP contribution in [0.3, 0.4) is 0 Å². The fraction of sp³-hybridized carbons (Fsp3) is 0.714. The minimum Gasteiger partial charge on any atom is -0.481 e. The molecule has 0 amide bonds. The van der Waals surface area contributed by atoms with E-state index >= 15 is 0 Å². The lowest BCUT2D eigenvalue weighted by atomic mass is 9.33. The standard InChI is InChI=1S/C49H69N5O6/c1-29(2)39-33(55)25-49(41-30(3)42(57)54(53(41)24-23-52(11)12)37-16-13-31(27-50)28-51-37)22-21-47(9)32(40(39)49)14-15-35-46(8)19-18-36(60-38(56)26-44(4,5)43(58)59)45(6,7)34(46)17-20-48(35,47)10/h13,16,28-29,32,34-36H,14-15,17-26H2,1-12H3,(H,58,59)/t32-,34+,35-,36+,46+,47-,48-,49-/m1/s1. The van der Waals surface area contributed by atoms with Crippen LogP contribution in [0.5, 0.6) is 0 Å². The maximum Gasteiger partial charge on any atom is 0.309 e. The maximum absolute atomic E-state index is 14.7. The molecule has 11 nitrogen and oxygen atoms in total. The van der Waals surface area contributed by atoms with Gasteiger partial charge < -0.3 is 14.7 Å². The Morgan fingerprint density at radius 1 is 1.00 bits per heavy atom. The number of hydrogen-bond acceptors (Lipinski definition) is 8. The van der Waals surface area contributed by atoms with Gasteiger partial charge in [-0.15, -0.1) is 0 Å². The summed E-state index contributed by atoms with van der Waals surface area (Å²) in [6.07, 6.45) is 8.94. The molecule has 0 spiro atoms. The van der Waals surface area contributed by atoms with Gasteiger partial charge in [-0.25, -0.2) is 4.98 Å². The zero-order valence-corrected chi connectivity index (χ0v) is 38.3. The van der Waals surface area contributed by atoms with Crippen LogP contribution >= 0.6 is 0 Å². The largest absolute Gasteiger partial charge is 0.481 e. The number of nitriles is 1. The molecule has 4 fully saturated rings. The van der Waals surface area contributed by atoms with Gasteiger partial charge in [0.25, 0.3) is 5.56 Å². The Kier molecular flexibility index (Phi) is 10.9. The molecule has 0 unspecified atom stereocenters.